The van der Waals surface area contributed by atoms with Crippen LogP contribution in [-0.4, -0.2) is 72.3 Å². The predicted molar refractivity (Wildman–Crippen MR) is 114 cm³/mol. The number of nitrogens with zero attached hydrogens (tertiary/aromatic N) is 4. The van der Waals surface area contributed by atoms with Crippen molar-refractivity contribution in [1.29, 1.82) is 0 Å². The predicted octanol–water partition coefficient (Wildman–Crippen LogP) is 3.29. The Morgan fingerprint density at radius 3 is 2.40 bits per heavy atom. The molecule has 1 amide bonds. The van der Waals surface area contributed by atoms with Gasteiger partial charge in [0, 0.05) is 43.3 Å². The molecule has 0 radical (unpaired) electrons. The highest BCUT2D eigenvalue weighted by atomic mass is 16.5. The summed E-state index contributed by atoms with van der Waals surface area (Å²) in [6.07, 6.45) is 2.33. The zero-order valence-corrected chi connectivity index (χ0v) is 18.5. The van der Waals surface area contributed by atoms with Gasteiger partial charge in [0.25, 0.3) is 5.91 Å². The lowest BCUT2D eigenvalue weighted by Gasteiger charge is -2.40. The van der Waals surface area contributed by atoms with Gasteiger partial charge in [-0.05, 0) is 50.9 Å². The molecule has 0 spiro atoms. The average molecular weight is 413 g/mol. The van der Waals surface area contributed by atoms with Crippen molar-refractivity contribution in [2.24, 2.45) is 11.8 Å². The summed E-state index contributed by atoms with van der Waals surface area (Å²) in [5.41, 5.74) is 1.56. The van der Waals surface area contributed by atoms with E-state index in [2.05, 4.69) is 29.1 Å². The molecule has 2 fully saturated rings. The highest BCUT2D eigenvalue weighted by Crippen LogP contribution is 2.39. The molecule has 30 heavy (non-hydrogen) atoms. The van der Waals surface area contributed by atoms with Crippen molar-refractivity contribution >= 4 is 5.91 Å². The molecule has 7 nitrogen and oxygen atoms in total. The van der Waals surface area contributed by atoms with Gasteiger partial charge in [-0.1, -0.05) is 31.1 Å². The van der Waals surface area contributed by atoms with Crippen LogP contribution in [0.25, 0.3) is 11.4 Å². The molecule has 1 aromatic carbocycles. The van der Waals surface area contributed by atoms with Gasteiger partial charge in [-0.15, -0.1) is 0 Å². The molecule has 2 heterocycles. The molecule has 4 rings (SSSR count). The third kappa shape index (κ3) is 4.01. The lowest BCUT2D eigenvalue weighted by atomic mass is 9.77. The minimum Gasteiger partial charge on any atom is -0.380 e. The number of aromatic nitrogens is 2. The van der Waals surface area contributed by atoms with Crippen molar-refractivity contribution in [2.75, 3.05) is 34.3 Å². The van der Waals surface area contributed by atoms with Crippen molar-refractivity contribution in [3.63, 3.8) is 0 Å². The number of likely N-dealkylation sites (tertiary alicyclic amines) is 1. The van der Waals surface area contributed by atoms with Crippen LogP contribution in [0, 0.1) is 11.8 Å². The van der Waals surface area contributed by atoms with Crippen molar-refractivity contribution in [3.05, 3.63) is 35.7 Å². The summed E-state index contributed by atoms with van der Waals surface area (Å²) < 4.78 is 11.0. The van der Waals surface area contributed by atoms with Gasteiger partial charge in [-0.25, -0.2) is 0 Å². The number of carbonyl (C=O) groups excluding carboxylic acids is 1. The van der Waals surface area contributed by atoms with Crippen LogP contribution in [0.3, 0.4) is 0 Å². The molecule has 1 aromatic heterocycles. The van der Waals surface area contributed by atoms with E-state index in [4.69, 9.17) is 9.26 Å². The molecule has 2 aliphatic rings. The number of likely N-dealkylation sites (N-methyl/N-ethyl adjacent to an activating group) is 1. The van der Waals surface area contributed by atoms with E-state index in [1.54, 1.807) is 7.11 Å². The molecule has 0 bridgehead atoms. The number of methoxy groups -OCH3 is 1. The molecular formula is C23H32N4O3. The van der Waals surface area contributed by atoms with E-state index in [9.17, 15) is 4.79 Å². The molecule has 7 heteroatoms. The summed E-state index contributed by atoms with van der Waals surface area (Å²) in [4.78, 5) is 21.8. The molecule has 0 unspecified atom stereocenters. The van der Waals surface area contributed by atoms with Gasteiger partial charge in [0.2, 0.25) is 11.7 Å². The van der Waals surface area contributed by atoms with Crippen molar-refractivity contribution < 1.29 is 14.1 Å². The Labute approximate surface area is 178 Å². The van der Waals surface area contributed by atoms with Gasteiger partial charge in [0.1, 0.15) is 0 Å². The normalized spacial score (nSPS) is 26.4. The summed E-state index contributed by atoms with van der Waals surface area (Å²) in [7, 11) is 6.03. The monoisotopic (exact) mass is 412 g/mol. The zero-order chi connectivity index (χ0) is 21.4. The molecule has 1 saturated heterocycles. The van der Waals surface area contributed by atoms with Crippen LogP contribution in [0.2, 0.25) is 0 Å². The van der Waals surface area contributed by atoms with Crippen LogP contribution >= 0.6 is 0 Å². The van der Waals surface area contributed by atoms with Crippen molar-refractivity contribution in [3.8, 4) is 11.4 Å². The van der Waals surface area contributed by atoms with Crippen LogP contribution in [0.5, 0.6) is 0 Å². The average Bonchev–Trinajstić information content (AvgIpc) is 3.39. The summed E-state index contributed by atoms with van der Waals surface area (Å²) in [6, 6.07) is 7.94. The van der Waals surface area contributed by atoms with Crippen LogP contribution < -0.4 is 0 Å². The second-order valence-electron chi connectivity index (χ2n) is 9.20. The van der Waals surface area contributed by atoms with E-state index >= 15 is 0 Å². The molecule has 2 aromatic rings. The van der Waals surface area contributed by atoms with E-state index in [0.717, 1.165) is 31.5 Å². The number of fused-ring (bicyclic) bond motifs is 1. The standard InChI is InChI=1S/C23H32N4O3/c1-14(2)22-24-21(25-30-22)15-6-8-16(9-7-15)23(28)27-12-17-10-19(26(3)4)20(29-5)11-18(17)13-27/h6-9,14,17-20H,10-13H2,1-5H3/t17-,18+,19-,20-/m1/s1. The fourth-order valence-electron chi connectivity index (χ4n) is 4.88. The molecular weight excluding hydrogens is 380 g/mol. The Morgan fingerprint density at radius 2 is 1.83 bits per heavy atom. The lowest BCUT2D eigenvalue weighted by Crippen LogP contribution is -2.47. The Hall–Kier alpha value is -2.25. The first-order valence-electron chi connectivity index (χ1n) is 10.8. The summed E-state index contributed by atoms with van der Waals surface area (Å²) in [5, 5.41) is 4.05. The number of rotatable bonds is 5. The van der Waals surface area contributed by atoms with Crippen LogP contribution in [-0.2, 0) is 4.74 Å². The van der Waals surface area contributed by atoms with Crippen molar-refractivity contribution in [2.45, 2.75) is 44.8 Å². The minimum absolute atomic E-state index is 0.0994. The Balaban J connectivity index is 1.44. The maximum atomic E-state index is 13.1. The van der Waals surface area contributed by atoms with Gasteiger partial charge in [-0.2, -0.15) is 4.98 Å². The van der Waals surface area contributed by atoms with Crippen LogP contribution in [0.1, 0.15) is 48.9 Å². The maximum absolute atomic E-state index is 13.1. The fourth-order valence-corrected chi connectivity index (χ4v) is 4.88. The Bertz CT molecular complexity index is 877. The fraction of sp³-hybridized carbons (Fsp3) is 0.609. The van der Waals surface area contributed by atoms with E-state index in [0.29, 0.717) is 35.2 Å². The van der Waals surface area contributed by atoms with Gasteiger partial charge < -0.3 is 19.1 Å². The van der Waals surface area contributed by atoms with Gasteiger partial charge >= 0.3 is 0 Å². The first kappa shape index (κ1) is 21.0. The first-order chi connectivity index (χ1) is 14.4. The quantitative estimate of drug-likeness (QED) is 0.750. The van der Waals surface area contributed by atoms with E-state index in [1.165, 1.54) is 0 Å². The van der Waals surface area contributed by atoms with Gasteiger partial charge in [-0.3, -0.25) is 4.79 Å². The zero-order valence-electron chi connectivity index (χ0n) is 18.5. The molecule has 1 saturated carbocycles. The number of hydrogen-bond donors (Lipinski definition) is 0. The number of hydrogen-bond acceptors (Lipinski definition) is 6. The summed E-state index contributed by atoms with van der Waals surface area (Å²) >= 11 is 0. The largest absolute Gasteiger partial charge is 0.380 e. The molecule has 0 N–H and O–H groups in total. The second-order valence-corrected chi connectivity index (χ2v) is 9.20. The van der Waals surface area contributed by atoms with E-state index in [-0.39, 0.29) is 17.9 Å². The highest BCUT2D eigenvalue weighted by molar-refractivity contribution is 5.94. The number of ether oxygens (including phenoxy) is 1. The smallest absolute Gasteiger partial charge is 0.253 e. The molecule has 1 aliphatic carbocycles. The maximum Gasteiger partial charge on any atom is 0.253 e. The summed E-state index contributed by atoms with van der Waals surface area (Å²) in [5.74, 6) is 2.53. The summed E-state index contributed by atoms with van der Waals surface area (Å²) in [6.45, 7) is 5.67. The van der Waals surface area contributed by atoms with Crippen LogP contribution in [0.4, 0.5) is 0 Å². The third-order valence-electron chi connectivity index (χ3n) is 6.66. The number of carbonyl (C=O) groups is 1. The second kappa shape index (κ2) is 8.47. The van der Waals surface area contributed by atoms with Gasteiger partial charge in [0.05, 0.1) is 6.10 Å². The van der Waals surface area contributed by atoms with Crippen molar-refractivity contribution in [1.82, 2.24) is 19.9 Å². The van der Waals surface area contributed by atoms with Crippen LogP contribution in [0.15, 0.2) is 28.8 Å². The van der Waals surface area contributed by atoms with E-state index < -0.39 is 0 Å². The third-order valence-corrected chi connectivity index (χ3v) is 6.66. The highest BCUT2D eigenvalue weighted by Gasteiger charge is 2.44. The number of amides is 1. The topological polar surface area (TPSA) is 71.7 Å². The molecule has 1 aliphatic heterocycles. The van der Waals surface area contributed by atoms with Gasteiger partial charge in [0.15, 0.2) is 0 Å². The first-order valence-corrected chi connectivity index (χ1v) is 10.8. The molecule has 4 atom stereocenters. The van der Waals surface area contributed by atoms with E-state index in [1.807, 2.05) is 43.0 Å². The Kier molecular flexibility index (Phi) is 5.93. The minimum atomic E-state index is 0.0994. The molecule has 162 valence electrons. The SMILES string of the molecule is CO[C@@H]1C[C@H]2CN(C(=O)c3ccc(-c4noc(C(C)C)n4)cc3)C[C@H]2C[C@H]1N(C)C. The Morgan fingerprint density at radius 1 is 1.17 bits per heavy atom. The number of benzene rings is 1. The lowest BCUT2D eigenvalue weighted by molar-refractivity contribution is -0.0209.